The van der Waals surface area contributed by atoms with Crippen LogP contribution in [0.3, 0.4) is 0 Å². The fourth-order valence-electron chi connectivity index (χ4n) is 2.65. The molecule has 2 N–H and O–H groups in total. The third kappa shape index (κ3) is 2.99. The van der Waals surface area contributed by atoms with Crippen LogP contribution in [0.4, 0.5) is 0 Å². The van der Waals surface area contributed by atoms with Gasteiger partial charge in [-0.15, -0.1) is 11.3 Å². The normalized spacial score (nSPS) is 18.0. The molecule has 0 unspecified atom stereocenters. The molecule has 1 aliphatic rings. The summed E-state index contributed by atoms with van der Waals surface area (Å²) in [5.74, 6) is -0.0551. The molecule has 7 heteroatoms. The van der Waals surface area contributed by atoms with Crippen LogP contribution < -0.4 is 5.73 Å². The van der Waals surface area contributed by atoms with Crippen molar-refractivity contribution in [2.45, 2.75) is 18.9 Å². The van der Waals surface area contributed by atoms with Gasteiger partial charge in [0.25, 0.3) is 5.91 Å². The van der Waals surface area contributed by atoms with Crippen molar-refractivity contribution in [3.05, 3.63) is 39.3 Å². The van der Waals surface area contributed by atoms with Gasteiger partial charge in [-0.25, -0.2) is 4.98 Å². The molecule has 0 saturated carbocycles. The number of hydrogen-bond donors (Lipinski definition) is 1. The summed E-state index contributed by atoms with van der Waals surface area (Å²) in [4.78, 5) is 18.8. The van der Waals surface area contributed by atoms with Gasteiger partial charge in [-0.2, -0.15) is 0 Å². The molecule has 1 atom stereocenters. The topological polar surface area (TPSA) is 59.2 Å². The summed E-state index contributed by atoms with van der Waals surface area (Å²) in [5.41, 5.74) is 6.96. The smallest absolute Gasteiger partial charge is 0.273 e. The van der Waals surface area contributed by atoms with Gasteiger partial charge in [-0.1, -0.05) is 23.2 Å². The number of hydrogen-bond acceptors (Lipinski definition) is 4. The van der Waals surface area contributed by atoms with E-state index in [-0.39, 0.29) is 11.9 Å². The van der Waals surface area contributed by atoms with Gasteiger partial charge < -0.3 is 10.6 Å². The number of aromatic nitrogens is 1. The standard InChI is InChI=1S/C15H15Cl2N3OS/c16-9-3-4-11(12(17)6-9)14-19-13(8-22-14)15(21)20-5-1-2-10(20)7-18/h3-4,6,8,10H,1-2,5,7,18H2/t10-/m0/s1. The van der Waals surface area contributed by atoms with Gasteiger partial charge in [0.15, 0.2) is 0 Å². The van der Waals surface area contributed by atoms with Crippen LogP contribution in [0.5, 0.6) is 0 Å². The molecular formula is C15H15Cl2N3OS. The van der Waals surface area contributed by atoms with Crippen molar-refractivity contribution in [3.63, 3.8) is 0 Å². The van der Waals surface area contributed by atoms with Crippen molar-refractivity contribution < 1.29 is 4.79 Å². The Bertz CT molecular complexity index is 704. The first-order valence-electron chi connectivity index (χ1n) is 7.02. The van der Waals surface area contributed by atoms with E-state index >= 15 is 0 Å². The SMILES string of the molecule is NC[C@@H]1CCCN1C(=O)c1csc(-c2ccc(Cl)cc2Cl)n1. The average molecular weight is 356 g/mol. The molecule has 0 spiro atoms. The molecule has 1 aromatic heterocycles. The minimum atomic E-state index is -0.0551. The molecule has 1 aliphatic heterocycles. The van der Waals surface area contributed by atoms with Crippen molar-refractivity contribution in [3.8, 4) is 10.6 Å². The summed E-state index contributed by atoms with van der Waals surface area (Å²) in [6.07, 6.45) is 1.95. The summed E-state index contributed by atoms with van der Waals surface area (Å²) in [6.45, 7) is 1.24. The molecule has 0 aliphatic carbocycles. The largest absolute Gasteiger partial charge is 0.333 e. The quantitative estimate of drug-likeness (QED) is 0.913. The third-order valence-electron chi connectivity index (χ3n) is 3.79. The lowest BCUT2D eigenvalue weighted by atomic mass is 10.2. The maximum absolute atomic E-state index is 12.6. The molecule has 4 nitrogen and oxygen atoms in total. The lowest BCUT2D eigenvalue weighted by Crippen LogP contribution is -2.40. The minimum Gasteiger partial charge on any atom is -0.333 e. The second kappa shape index (κ2) is 6.54. The van der Waals surface area contributed by atoms with Crippen LogP contribution in [0.25, 0.3) is 10.6 Å². The number of amides is 1. The monoisotopic (exact) mass is 355 g/mol. The molecule has 0 bridgehead atoms. The maximum atomic E-state index is 12.6. The Kier molecular flexibility index (Phi) is 4.68. The van der Waals surface area contributed by atoms with Crippen molar-refractivity contribution in [1.82, 2.24) is 9.88 Å². The Morgan fingerprint density at radius 3 is 3.00 bits per heavy atom. The molecule has 1 fully saturated rings. The Morgan fingerprint density at radius 2 is 2.27 bits per heavy atom. The van der Waals surface area contributed by atoms with E-state index in [4.69, 9.17) is 28.9 Å². The molecule has 22 heavy (non-hydrogen) atoms. The zero-order chi connectivity index (χ0) is 15.7. The van der Waals surface area contributed by atoms with Gasteiger partial charge in [0.1, 0.15) is 10.7 Å². The molecule has 2 heterocycles. The number of nitrogens with zero attached hydrogens (tertiary/aromatic N) is 2. The van der Waals surface area contributed by atoms with Crippen LogP contribution in [0, 0.1) is 0 Å². The van der Waals surface area contributed by atoms with Gasteiger partial charge in [0, 0.05) is 35.1 Å². The average Bonchev–Trinajstić information content (AvgIpc) is 3.15. The number of halogens is 2. The van der Waals surface area contributed by atoms with Gasteiger partial charge in [-0.05, 0) is 31.0 Å². The van der Waals surface area contributed by atoms with Crippen LogP contribution in [-0.2, 0) is 0 Å². The summed E-state index contributed by atoms with van der Waals surface area (Å²) in [5, 5.41) is 3.59. The molecule has 116 valence electrons. The van der Waals surface area contributed by atoms with E-state index in [1.807, 2.05) is 11.0 Å². The van der Waals surface area contributed by atoms with Gasteiger partial charge in [0.2, 0.25) is 0 Å². The Balaban J connectivity index is 1.86. The van der Waals surface area contributed by atoms with Crippen LogP contribution in [0.1, 0.15) is 23.3 Å². The lowest BCUT2D eigenvalue weighted by Gasteiger charge is -2.22. The Labute approximate surface area is 142 Å². The number of rotatable bonds is 3. The van der Waals surface area contributed by atoms with Crippen LogP contribution >= 0.6 is 34.5 Å². The van der Waals surface area contributed by atoms with Crippen molar-refractivity contribution in [2.75, 3.05) is 13.1 Å². The highest BCUT2D eigenvalue weighted by atomic mass is 35.5. The second-order valence-corrected chi connectivity index (χ2v) is 6.89. The van der Waals surface area contributed by atoms with Crippen LogP contribution in [0.2, 0.25) is 10.0 Å². The van der Waals surface area contributed by atoms with Crippen molar-refractivity contribution in [2.24, 2.45) is 5.73 Å². The zero-order valence-electron chi connectivity index (χ0n) is 11.8. The first kappa shape index (κ1) is 15.7. The molecule has 3 rings (SSSR count). The van der Waals surface area contributed by atoms with E-state index in [0.29, 0.717) is 27.3 Å². The van der Waals surface area contributed by atoms with E-state index in [2.05, 4.69) is 4.98 Å². The van der Waals surface area contributed by atoms with Crippen molar-refractivity contribution >= 4 is 40.4 Å². The van der Waals surface area contributed by atoms with E-state index < -0.39 is 0 Å². The number of carbonyl (C=O) groups is 1. The zero-order valence-corrected chi connectivity index (χ0v) is 14.1. The fourth-order valence-corrected chi connectivity index (χ4v) is 4.04. The minimum absolute atomic E-state index is 0.0551. The number of benzene rings is 1. The maximum Gasteiger partial charge on any atom is 0.273 e. The first-order chi connectivity index (χ1) is 10.6. The predicted octanol–water partition coefficient (Wildman–Crippen LogP) is 3.68. The van der Waals surface area contributed by atoms with Gasteiger partial charge in [-0.3, -0.25) is 4.79 Å². The van der Waals surface area contributed by atoms with Gasteiger partial charge in [0.05, 0.1) is 5.02 Å². The van der Waals surface area contributed by atoms with E-state index in [1.165, 1.54) is 11.3 Å². The lowest BCUT2D eigenvalue weighted by molar-refractivity contribution is 0.0736. The summed E-state index contributed by atoms with van der Waals surface area (Å²) in [7, 11) is 0. The molecule has 1 aromatic carbocycles. The summed E-state index contributed by atoms with van der Waals surface area (Å²) < 4.78 is 0. The van der Waals surface area contributed by atoms with Crippen LogP contribution in [0.15, 0.2) is 23.6 Å². The second-order valence-electron chi connectivity index (χ2n) is 5.19. The molecular weight excluding hydrogens is 341 g/mol. The van der Waals surface area contributed by atoms with E-state index in [0.717, 1.165) is 24.9 Å². The molecule has 2 aromatic rings. The third-order valence-corrected chi connectivity index (χ3v) is 5.22. The highest BCUT2D eigenvalue weighted by Crippen LogP contribution is 2.33. The molecule has 1 saturated heterocycles. The van der Waals surface area contributed by atoms with E-state index in [9.17, 15) is 4.79 Å². The Hall–Kier alpha value is -1.14. The number of nitrogens with two attached hydrogens (primary N) is 1. The predicted molar refractivity (Wildman–Crippen MR) is 90.7 cm³/mol. The summed E-state index contributed by atoms with van der Waals surface area (Å²) in [6, 6.07) is 5.37. The first-order valence-corrected chi connectivity index (χ1v) is 8.65. The Morgan fingerprint density at radius 1 is 1.45 bits per heavy atom. The number of thiazole rings is 1. The fraction of sp³-hybridized carbons (Fsp3) is 0.333. The number of likely N-dealkylation sites (tertiary alicyclic amines) is 1. The molecule has 0 radical (unpaired) electrons. The van der Waals surface area contributed by atoms with Crippen LogP contribution in [-0.4, -0.2) is 34.9 Å². The highest BCUT2D eigenvalue weighted by Gasteiger charge is 2.29. The van der Waals surface area contributed by atoms with Crippen molar-refractivity contribution in [1.29, 1.82) is 0 Å². The highest BCUT2D eigenvalue weighted by molar-refractivity contribution is 7.13. The number of carbonyl (C=O) groups excluding carboxylic acids is 1. The van der Waals surface area contributed by atoms with Gasteiger partial charge >= 0.3 is 0 Å². The summed E-state index contributed by atoms with van der Waals surface area (Å²) >= 11 is 13.5. The van der Waals surface area contributed by atoms with E-state index in [1.54, 1.807) is 17.5 Å². The molecule has 1 amide bonds.